The Bertz CT molecular complexity index is 647. The molecule has 0 saturated heterocycles. The summed E-state index contributed by atoms with van der Waals surface area (Å²) in [4.78, 5) is 16.4. The largest absolute Gasteiger partial charge is 0.355 e. The molecule has 1 fully saturated rings. The molecule has 1 aromatic carbocycles. The van der Waals surface area contributed by atoms with Crippen LogP contribution in [0.15, 0.2) is 36.7 Å². The van der Waals surface area contributed by atoms with Gasteiger partial charge in [-0.2, -0.15) is 0 Å². The van der Waals surface area contributed by atoms with Crippen LogP contribution >= 0.6 is 0 Å². The van der Waals surface area contributed by atoms with Crippen molar-refractivity contribution in [2.24, 2.45) is 13.0 Å². The lowest BCUT2D eigenvalue weighted by molar-refractivity contribution is -0.122. The fourth-order valence-corrected chi connectivity index (χ4v) is 2.90. The minimum Gasteiger partial charge on any atom is -0.355 e. The summed E-state index contributed by atoms with van der Waals surface area (Å²) in [6, 6.07) is 8.35. The number of nitrogens with one attached hydrogen (secondary N) is 1. The van der Waals surface area contributed by atoms with Crippen molar-refractivity contribution in [1.29, 1.82) is 0 Å². The highest BCUT2D eigenvalue weighted by molar-refractivity contribution is 5.83. The number of aryl methyl sites for hydroxylation is 2. The highest BCUT2D eigenvalue weighted by atomic mass is 16.2. The first kappa shape index (κ1) is 13.9. The molecule has 0 radical (unpaired) electrons. The molecule has 110 valence electrons. The first-order chi connectivity index (χ1) is 10.2. The molecule has 3 rings (SSSR count). The number of carbonyl (C=O) groups is 1. The fraction of sp³-hybridized carbons (Fsp3) is 0.412. The van der Waals surface area contributed by atoms with E-state index >= 15 is 0 Å². The van der Waals surface area contributed by atoms with E-state index in [0.29, 0.717) is 12.5 Å². The first-order valence-electron chi connectivity index (χ1n) is 7.46. The van der Waals surface area contributed by atoms with Gasteiger partial charge in [-0.3, -0.25) is 4.79 Å². The molecule has 0 unspecified atom stereocenters. The van der Waals surface area contributed by atoms with E-state index in [1.54, 1.807) is 6.20 Å². The maximum Gasteiger partial charge on any atom is 0.223 e. The van der Waals surface area contributed by atoms with E-state index in [1.165, 1.54) is 11.1 Å². The third kappa shape index (κ3) is 2.99. The summed E-state index contributed by atoms with van der Waals surface area (Å²) in [5.41, 5.74) is 2.60. The van der Waals surface area contributed by atoms with E-state index in [4.69, 9.17) is 0 Å². The Morgan fingerprint density at radius 3 is 2.95 bits per heavy atom. The molecular weight excluding hydrogens is 262 g/mol. The molecule has 21 heavy (non-hydrogen) atoms. The lowest BCUT2D eigenvalue weighted by atomic mass is 10.0. The van der Waals surface area contributed by atoms with Gasteiger partial charge in [0.05, 0.1) is 0 Å². The van der Waals surface area contributed by atoms with Crippen molar-refractivity contribution in [1.82, 2.24) is 14.9 Å². The molecule has 1 heterocycles. The first-order valence-corrected chi connectivity index (χ1v) is 7.46. The van der Waals surface area contributed by atoms with Gasteiger partial charge in [-0.15, -0.1) is 0 Å². The number of rotatable bonds is 5. The highest BCUT2D eigenvalue weighted by Gasteiger charge is 2.44. The average molecular weight is 283 g/mol. The van der Waals surface area contributed by atoms with Crippen LogP contribution < -0.4 is 5.32 Å². The fourth-order valence-electron chi connectivity index (χ4n) is 2.90. The molecule has 1 aromatic heterocycles. The molecule has 4 nitrogen and oxygen atoms in total. The van der Waals surface area contributed by atoms with E-state index in [9.17, 15) is 4.79 Å². The smallest absolute Gasteiger partial charge is 0.223 e. The Morgan fingerprint density at radius 1 is 1.43 bits per heavy atom. The zero-order valence-corrected chi connectivity index (χ0v) is 12.5. The van der Waals surface area contributed by atoms with E-state index in [1.807, 2.05) is 23.9 Å². The second-order valence-corrected chi connectivity index (χ2v) is 5.80. The zero-order chi connectivity index (χ0) is 14.8. The Labute approximate surface area is 125 Å². The molecule has 1 amide bonds. The van der Waals surface area contributed by atoms with Crippen LogP contribution in [0, 0.1) is 12.8 Å². The predicted molar refractivity (Wildman–Crippen MR) is 81.9 cm³/mol. The molecule has 1 aliphatic carbocycles. The monoisotopic (exact) mass is 283 g/mol. The number of hydrogen-bond donors (Lipinski definition) is 1. The van der Waals surface area contributed by atoms with Gasteiger partial charge in [0.25, 0.3) is 0 Å². The third-order valence-corrected chi connectivity index (χ3v) is 4.28. The number of imidazole rings is 1. The van der Waals surface area contributed by atoms with Gasteiger partial charge in [-0.25, -0.2) is 4.98 Å². The van der Waals surface area contributed by atoms with Crippen molar-refractivity contribution < 1.29 is 4.79 Å². The summed E-state index contributed by atoms with van der Waals surface area (Å²) >= 11 is 0. The van der Waals surface area contributed by atoms with Crippen LogP contribution in [0.1, 0.15) is 29.3 Å². The standard InChI is InChI=1S/C17H21N3O/c1-12-5-3-4-6-13(12)14-11-15(14)17(21)19-8-7-16-18-9-10-20(16)2/h3-6,9-10,14-15H,7-8,11H2,1-2H3,(H,19,21)/t14-,15+/m1/s1. The van der Waals surface area contributed by atoms with Crippen molar-refractivity contribution in [2.45, 2.75) is 25.7 Å². The van der Waals surface area contributed by atoms with Crippen molar-refractivity contribution >= 4 is 5.91 Å². The lowest BCUT2D eigenvalue weighted by Crippen LogP contribution is -2.28. The predicted octanol–water partition coefficient (Wildman–Crippen LogP) is 2.19. The van der Waals surface area contributed by atoms with E-state index in [2.05, 4.69) is 35.4 Å². The van der Waals surface area contributed by atoms with Crippen LogP contribution in [-0.2, 0) is 18.3 Å². The number of aromatic nitrogens is 2. The van der Waals surface area contributed by atoms with Gasteiger partial charge in [0.1, 0.15) is 5.82 Å². The summed E-state index contributed by atoms with van der Waals surface area (Å²) in [6.07, 6.45) is 5.45. The summed E-state index contributed by atoms with van der Waals surface area (Å²) < 4.78 is 1.99. The van der Waals surface area contributed by atoms with E-state index in [-0.39, 0.29) is 11.8 Å². The van der Waals surface area contributed by atoms with E-state index in [0.717, 1.165) is 18.7 Å². The molecule has 1 saturated carbocycles. The van der Waals surface area contributed by atoms with Gasteiger partial charge < -0.3 is 9.88 Å². The molecule has 1 aliphatic rings. The lowest BCUT2D eigenvalue weighted by Gasteiger charge is -2.06. The van der Waals surface area contributed by atoms with Crippen molar-refractivity contribution in [3.63, 3.8) is 0 Å². The minimum atomic E-state index is 0.146. The third-order valence-electron chi connectivity index (χ3n) is 4.28. The maximum atomic E-state index is 12.2. The van der Waals surface area contributed by atoms with Gasteiger partial charge in [0, 0.05) is 38.3 Å². The van der Waals surface area contributed by atoms with Gasteiger partial charge in [0.15, 0.2) is 0 Å². The number of carbonyl (C=O) groups excluding carboxylic acids is 1. The van der Waals surface area contributed by atoms with Crippen LogP contribution in [0.5, 0.6) is 0 Å². The second kappa shape index (κ2) is 5.72. The maximum absolute atomic E-state index is 12.2. The number of nitrogens with zero attached hydrogens (tertiary/aromatic N) is 2. The van der Waals surface area contributed by atoms with Gasteiger partial charge in [0.2, 0.25) is 5.91 Å². The van der Waals surface area contributed by atoms with Crippen molar-refractivity contribution in [2.75, 3.05) is 6.54 Å². The molecule has 0 spiro atoms. The Morgan fingerprint density at radius 2 is 2.24 bits per heavy atom. The summed E-state index contributed by atoms with van der Waals surface area (Å²) in [6.45, 7) is 2.77. The number of amides is 1. The molecule has 2 aromatic rings. The van der Waals surface area contributed by atoms with Gasteiger partial charge >= 0.3 is 0 Å². The normalized spacial score (nSPS) is 20.3. The second-order valence-electron chi connectivity index (χ2n) is 5.80. The molecule has 4 heteroatoms. The van der Waals surface area contributed by atoms with Crippen LogP contribution in [0.25, 0.3) is 0 Å². The summed E-state index contributed by atoms with van der Waals surface area (Å²) in [5, 5.41) is 3.04. The van der Waals surface area contributed by atoms with Crippen LogP contribution in [-0.4, -0.2) is 22.0 Å². The van der Waals surface area contributed by atoms with Crippen LogP contribution in [0.3, 0.4) is 0 Å². The minimum absolute atomic E-state index is 0.146. The topological polar surface area (TPSA) is 46.9 Å². The Balaban J connectivity index is 1.50. The molecule has 0 bridgehead atoms. The quantitative estimate of drug-likeness (QED) is 0.914. The van der Waals surface area contributed by atoms with Gasteiger partial charge in [-0.05, 0) is 30.4 Å². The highest BCUT2D eigenvalue weighted by Crippen LogP contribution is 2.48. The van der Waals surface area contributed by atoms with Crippen molar-refractivity contribution in [3.05, 3.63) is 53.6 Å². The number of hydrogen-bond acceptors (Lipinski definition) is 2. The van der Waals surface area contributed by atoms with Crippen LogP contribution in [0.2, 0.25) is 0 Å². The van der Waals surface area contributed by atoms with Crippen molar-refractivity contribution in [3.8, 4) is 0 Å². The zero-order valence-electron chi connectivity index (χ0n) is 12.5. The van der Waals surface area contributed by atoms with Gasteiger partial charge in [-0.1, -0.05) is 24.3 Å². The Hall–Kier alpha value is -2.10. The molecule has 2 atom stereocenters. The summed E-state index contributed by atoms with van der Waals surface area (Å²) in [7, 11) is 1.97. The summed E-state index contributed by atoms with van der Waals surface area (Å²) in [5.74, 6) is 1.73. The molecule has 0 aliphatic heterocycles. The molecular formula is C17H21N3O. The average Bonchev–Trinajstić information content (AvgIpc) is 3.17. The number of benzene rings is 1. The van der Waals surface area contributed by atoms with Crippen LogP contribution in [0.4, 0.5) is 0 Å². The SMILES string of the molecule is Cc1ccccc1[C@H]1C[C@@H]1C(=O)NCCc1nccn1C. The van der Waals surface area contributed by atoms with E-state index < -0.39 is 0 Å². The molecule has 1 N–H and O–H groups in total. The Kier molecular flexibility index (Phi) is 3.78.